The van der Waals surface area contributed by atoms with E-state index < -0.39 is 0 Å². The number of halogens is 2. The summed E-state index contributed by atoms with van der Waals surface area (Å²) >= 11 is 5.97. The first-order valence-corrected chi connectivity index (χ1v) is 7.66. The van der Waals surface area contributed by atoms with Gasteiger partial charge < -0.3 is 15.4 Å². The smallest absolute Gasteiger partial charge is 0.410 e. The molecule has 2 aliphatic heterocycles. The van der Waals surface area contributed by atoms with E-state index in [1.54, 1.807) is 9.80 Å². The molecule has 0 unspecified atom stereocenters. The minimum Gasteiger partial charge on any atom is -0.442 e. The van der Waals surface area contributed by atoms with Gasteiger partial charge in [0.15, 0.2) is 0 Å². The number of hydrogen-bond donors (Lipinski definition) is 1. The maximum absolute atomic E-state index is 12.0. The third-order valence-corrected chi connectivity index (χ3v) is 4.42. The van der Waals surface area contributed by atoms with Crippen molar-refractivity contribution in [2.45, 2.75) is 18.6 Å². The average Bonchev–Trinajstić information content (AvgIpc) is 3.02. The van der Waals surface area contributed by atoms with Crippen LogP contribution in [0.5, 0.6) is 0 Å². The third kappa shape index (κ3) is 3.71. The van der Waals surface area contributed by atoms with Crippen molar-refractivity contribution in [1.82, 2.24) is 9.80 Å². The Bertz CT molecular complexity index is 599. The van der Waals surface area contributed by atoms with Crippen LogP contribution in [0, 0.1) is 0 Å². The van der Waals surface area contributed by atoms with Gasteiger partial charge in [-0.15, -0.1) is 12.4 Å². The molecule has 23 heavy (non-hydrogen) atoms. The number of fused-ring (bicyclic) bond motifs is 1. The summed E-state index contributed by atoms with van der Waals surface area (Å²) in [6.45, 7) is 1.45. The number of amides is 2. The molecule has 0 saturated carbocycles. The molecule has 1 aromatic carbocycles. The number of nitrogens with zero attached hydrogens (tertiary/aromatic N) is 2. The lowest BCUT2D eigenvalue weighted by Gasteiger charge is -2.22. The fourth-order valence-corrected chi connectivity index (χ4v) is 3.25. The number of carbonyl (C=O) groups excluding carboxylic acids is 2. The number of carbonyl (C=O) groups is 2. The van der Waals surface area contributed by atoms with E-state index in [-0.39, 0.29) is 43.1 Å². The Kier molecular flexibility index (Phi) is 5.73. The molecule has 0 bridgehead atoms. The van der Waals surface area contributed by atoms with Gasteiger partial charge >= 0.3 is 6.09 Å². The van der Waals surface area contributed by atoms with Crippen molar-refractivity contribution in [2.24, 2.45) is 5.73 Å². The molecule has 2 atom stereocenters. The van der Waals surface area contributed by atoms with E-state index in [4.69, 9.17) is 22.1 Å². The summed E-state index contributed by atoms with van der Waals surface area (Å²) in [6.07, 6.45) is 0.142. The van der Waals surface area contributed by atoms with Gasteiger partial charge in [-0.05, 0) is 24.1 Å². The van der Waals surface area contributed by atoms with Gasteiger partial charge in [-0.25, -0.2) is 4.79 Å². The van der Waals surface area contributed by atoms with Crippen LogP contribution in [-0.4, -0.2) is 60.1 Å². The summed E-state index contributed by atoms with van der Waals surface area (Å²) in [5, 5.41) is 0.681. The number of ether oxygens (including phenoxy) is 1. The molecule has 8 heteroatoms. The standard InChI is InChI=1S/C15H18ClN3O3.ClH/c16-11-3-1-2-10(6-11)4-5-19-12-8-18(14(20)7-17)9-13(12)22-15(19)21;/h1-3,6,12-13H,4-5,7-9,17H2;1H/t12-,13+;/m0./s1. The molecular weight excluding hydrogens is 341 g/mol. The fourth-order valence-electron chi connectivity index (χ4n) is 3.04. The monoisotopic (exact) mass is 359 g/mol. The molecule has 0 spiro atoms. The molecule has 1 aromatic rings. The Morgan fingerprint density at radius 2 is 2.17 bits per heavy atom. The second-order valence-electron chi connectivity index (χ2n) is 5.57. The molecule has 6 nitrogen and oxygen atoms in total. The van der Waals surface area contributed by atoms with Crippen molar-refractivity contribution in [3.8, 4) is 0 Å². The highest BCUT2D eigenvalue weighted by Gasteiger charge is 2.48. The highest BCUT2D eigenvalue weighted by Crippen LogP contribution is 2.27. The number of nitrogens with two attached hydrogens (primary N) is 1. The van der Waals surface area contributed by atoms with Crippen LogP contribution in [0.2, 0.25) is 5.02 Å². The van der Waals surface area contributed by atoms with Crippen LogP contribution >= 0.6 is 24.0 Å². The van der Waals surface area contributed by atoms with E-state index >= 15 is 0 Å². The van der Waals surface area contributed by atoms with Crippen LogP contribution in [0.1, 0.15) is 5.56 Å². The zero-order chi connectivity index (χ0) is 15.7. The summed E-state index contributed by atoms with van der Waals surface area (Å²) in [6, 6.07) is 7.49. The van der Waals surface area contributed by atoms with Gasteiger partial charge in [-0.2, -0.15) is 0 Å². The Balaban J connectivity index is 0.00000192. The maximum Gasteiger partial charge on any atom is 0.410 e. The summed E-state index contributed by atoms with van der Waals surface area (Å²) in [4.78, 5) is 27.0. The van der Waals surface area contributed by atoms with E-state index in [2.05, 4.69) is 0 Å². The van der Waals surface area contributed by atoms with Crippen LogP contribution in [0.4, 0.5) is 4.79 Å². The van der Waals surface area contributed by atoms with Crippen molar-refractivity contribution in [2.75, 3.05) is 26.2 Å². The van der Waals surface area contributed by atoms with Gasteiger partial charge in [-0.3, -0.25) is 9.69 Å². The first-order chi connectivity index (χ1) is 10.6. The van der Waals surface area contributed by atoms with Gasteiger partial charge in [0.05, 0.1) is 19.1 Å². The highest BCUT2D eigenvalue weighted by atomic mass is 35.5. The summed E-state index contributed by atoms with van der Waals surface area (Å²) < 4.78 is 5.36. The topological polar surface area (TPSA) is 75.9 Å². The lowest BCUT2D eigenvalue weighted by atomic mass is 10.1. The molecule has 2 N–H and O–H groups in total. The molecular formula is C15H19Cl2N3O3. The molecule has 0 aromatic heterocycles. The molecule has 2 saturated heterocycles. The summed E-state index contributed by atoms with van der Waals surface area (Å²) in [7, 11) is 0. The van der Waals surface area contributed by atoms with E-state index in [1.165, 1.54) is 0 Å². The van der Waals surface area contributed by atoms with Crippen molar-refractivity contribution < 1.29 is 14.3 Å². The highest BCUT2D eigenvalue weighted by molar-refractivity contribution is 6.30. The SMILES string of the molecule is Cl.NCC(=O)N1C[C@H]2OC(=O)N(CCc3cccc(Cl)c3)[C@H]2C1. The lowest BCUT2D eigenvalue weighted by molar-refractivity contribution is -0.129. The van der Waals surface area contributed by atoms with Gasteiger partial charge in [-0.1, -0.05) is 23.7 Å². The Hall–Kier alpha value is -1.50. The number of benzene rings is 1. The maximum atomic E-state index is 12.0. The van der Waals surface area contributed by atoms with Crippen LogP contribution in [0.15, 0.2) is 24.3 Å². The van der Waals surface area contributed by atoms with Gasteiger partial charge in [0.1, 0.15) is 6.10 Å². The van der Waals surface area contributed by atoms with E-state index in [0.717, 1.165) is 5.56 Å². The average molecular weight is 360 g/mol. The van der Waals surface area contributed by atoms with Crippen molar-refractivity contribution in [3.63, 3.8) is 0 Å². The number of hydrogen-bond acceptors (Lipinski definition) is 4. The zero-order valence-corrected chi connectivity index (χ0v) is 14.1. The molecule has 3 rings (SSSR count). The van der Waals surface area contributed by atoms with E-state index in [1.807, 2.05) is 24.3 Å². The summed E-state index contributed by atoms with van der Waals surface area (Å²) in [5.74, 6) is -0.111. The molecule has 0 radical (unpaired) electrons. The minimum atomic E-state index is -0.308. The summed E-state index contributed by atoms with van der Waals surface area (Å²) in [5.41, 5.74) is 6.45. The predicted octanol–water partition coefficient (Wildman–Crippen LogP) is 1.29. The zero-order valence-electron chi connectivity index (χ0n) is 12.5. The number of rotatable bonds is 4. The predicted molar refractivity (Wildman–Crippen MR) is 88.8 cm³/mol. The van der Waals surface area contributed by atoms with Crippen molar-refractivity contribution in [1.29, 1.82) is 0 Å². The molecule has 2 fully saturated rings. The van der Waals surface area contributed by atoms with Crippen molar-refractivity contribution in [3.05, 3.63) is 34.9 Å². The second kappa shape index (κ2) is 7.38. The third-order valence-electron chi connectivity index (χ3n) is 4.18. The normalized spacial score (nSPS) is 22.6. The first kappa shape index (κ1) is 17.8. The van der Waals surface area contributed by atoms with Crippen LogP contribution < -0.4 is 5.73 Å². The van der Waals surface area contributed by atoms with Crippen LogP contribution in [0.3, 0.4) is 0 Å². The largest absolute Gasteiger partial charge is 0.442 e. The molecule has 2 aliphatic rings. The number of likely N-dealkylation sites (tertiary alicyclic amines) is 1. The molecule has 2 heterocycles. The van der Waals surface area contributed by atoms with Gasteiger partial charge in [0.2, 0.25) is 5.91 Å². The van der Waals surface area contributed by atoms with Crippen LogP contribution in [0.25, 0.3) is 0 Å². The van der Waals surface area contributed by atoms with Gasteiger partial charge in [0.25, 0.3) is 0 Å². The second-order valence-corrected chi connectivity index (χ2v) is 6.00. The Labute approximate surface area is 145 Å². The fraction of sp³-hybridized carbons (Fsp3) is 0.467. The van der Waals surface area contributed by atoms with Crippen LogP contribution in [-0.2, 0) is 16.0 Å². The van der Waals surface area contributed by atoms with Crippen molar-refractivity contribution >= 4 is 36.0 Å². The lowest BCUT2D eigenvalue weighted by Crippen LogP contribution is -2.41. The molecule has 126 valence electrons. The minimum absolute atomic E-state index is 0. The molecule has 0 aliphatic carbocycles. The molecule has 2 amide bonds. The Morgan fingerprint density at radius 3 is 2.87 bits per heavy atom. The first-order valence-electron chi connectivity index (χ1n) is 7.28. The van der Waals surface area contributed by atoms with Gasteiger partial charge in [0, 0.05) is 18.1 Å². The Morgan fingerprint density at radius 1 is 1.39 bits per heavy atom. The van der Waals surface area contributed by atoms with E-state index in [0.29, 0.717) is 31.1 Å². The van der Waals surface area contributed by atoms with E-state index in [9.17, 15) is 9.59 Å². The quantitative estimate of drug-likeness (QED) is 0.878.